The molecule has 2 heterocycles. The van der Waals surface area contributed by atoms with Gasteiger partial charge in [-0.15, -0.1) is 0 Å². The highest BCUT2D eigenvalue weighted by Crippen LogP contribution is 2.32. The zero-order valence-electron chi connectivity index (χ0n) is 12.9. The van der Waals surface area contributed by atoms with E-state index in [4.69, 9.17) is 21.7 Å². The van der Waals surface area contributed by atoms with E-state index in [1.165, 1.54) is 9.80 Å². The molecule has 0 aliphatic carbocycles. The van der Waals surface area contributed by atoms with Crippen LogP contribution >= 0.6 is 24.0 Å². The van der Waals surface area contributed by atoms with Crippen molar-refractivity contribution in [2.24, 2.45) is 0 Å². The molecule has 1 aromatic rings. The van der Waals surface area contributed by atoms with Gasteiger partial charge in [-0.3, -0.25) is 14.5 Å². The molecule has 23 heavy (non-hydrogen) atoms. The molecule has 1 saturated heterocycles. The van der Waals surface area contributed by atoms with Gasteiger partial charge in [-0.1, -0.05) is 24.0 Å². The first-order valence-corrected chi connectivity index (χ1v) is 8.39. The Morgan fingerprint density at radius 2 is 2.26 bits per heavy atom. The molecule has 1 aliphatic rings. The van der Waals surface area contributed by atoms with E-state index < -0.39 is 0 Å². The van der Waals surface area contributed by atoms with Crippen LogP contribution in [0.25, 0.3) is 6.08 Å². The second kappa shape index (κ2) is 7.76. The first-order valence-electron chi connectivity index (χ1n) is 7.16. The zero-order valence-corrected chi connectivity index (χ0v) is 14.6. The Kier molecular flexibility index (Phi) is 5.97. The molecule has 0 spiro atoms. The van der Waals surface area contributed by atoms with E-state index in [0.29, 0.717) is 21.5 Å². The number of thioether (sulfide) groups is 1. The van der Waals surface area contributed by atoms with Crippen molar-refractivity contribution in [1.29, 1.82) is 0 Å². The standard InChI is InChI=1S/C15H18N2O4S2/c1-3-16(6-7-18)13(19)9-17-14(20)12(23-15(17)22)8-11-5-4-10(2)21-11/h4-5,8,18H,3,6-7,9H2,1-2H3/b12-8-. The Morgan fingerprint density at radius 1 is 1.52 bits per heavy atom. The Balaban J connectivity index is 2.09. The SMILES string of the molecule is CCN(CCO)C(=O)CN1C(=O)/C(=C/c2ccc(C)o2)SC1=S. The third-order valence-corrected chi connectivity index (χ3v) is 4.68. The highest BCUT2D eigenvalue weighted by atomic mass is 32.2. The number of hydrogen-bond acceptors (Lipinski definition) is 6. The van der Waals surface area contributed by atoms with Crippen LogP contribution in [-0.4, -0.2) is 57.3 Å². The quantitative estimate of drug-likeness (QED) is 0.618. The third-order valence-electron chi connectivity index (χ3n) is 3.31. The summed E-state index contributed by atoms with van der Waals surface area (Å²) < 4.78 is 5.77. The van der Waals surface area contributed by atoms with Crippen LogP contribution in [0.1, 0.15) is 18.4 Å². The molecule has 0 bridgehead atoms. The predicted molar refractivity (Wildman–Crippen MR) is 92.7 cm³/mol. The molecule has 0 radical (unpaired) electrons. The lowest BCUT2D eigenvalue weighted by Crippen LogP contribution is -2.43. The van der Waals surface area contributed by atoms with Crippen molar-refractivity contribution >= 4 is 46.2 Å². The Hall–Kier alpha value is -1.64. The zero-order chi connectivity index (χ0) is 17.0. The molecule has 0 aromatic carbocycles. The third kappa shape index (κ3) is 4.21. The number of aryl methyl sites for hydroxylation is 1. The lowest BCUT2D eigenvalue weighted by molar-refractivity contribution is -0.135. The minimum atomic E-state index is -0.303. The van der Waals surface area contributed by atoms with Gasteiger partial charge in [0, 0.05) is 19.2 Å². The van der Waals surface area contributed by atoms with Gasteiger partial charge < -0.3 is 14.4 Å². The Bertz CT molecular complexity index is 654. The predicted octanol–water partition coefficient (Wildman–Crippen LogP) is 1.63. The number of hydrogen-bond donors (Lipinski definition) is 1. The lowest BCUT2D eigenvalue weighted by atomic mass is 10.3. The van der Waals surface area contributed by atoms with Gasteiger partial charge in [-0.25, -0.2) is 0 Å². The molecule has 124 valence electrons. The molecule has 6 nitrogen and oxygen atoms in total. The van der Waals surface area contributed by atoms with Gasteiger partial charge in [-0.05, 0) is 26.0 Å². The van der Waals surface area contributed by atoms with Crippen LogP contribution in [-0.2, 0) is 9.59 Å². The number of rotatable bonds is 6. The van der Waals surface area contributed by atoms with Gasteiger partial charge in [0.25, 0.3) is 5.91 Å². The molecule has 2 rings (SSSR count). The number of likely N-dealkylation sites (N-methyl/N-ethyl adjacent to an activating group) is 1. The van der Waals surface area contributed by atoms with Crippen LogP contribution in [0.2, 0.25) is 0 Å². The second-order valence-electron chi connectivity index (χ2n) is 4.91. The number of carbonyl (C=O) groups excluding carboxylic acids is 2. The minimum absolute atomic E-state index is 0.115. The number of thiocarbonyl (C=S) groups is 1. The molecule has 0 saturated carbocycles. The Labute approximate surface area is 144 Å². The summed E-state index contributed by atoms with van der Waals surface area (Å²) >= 11 is 6.35. The van der Waals surface area contributed by atoms with E-state index in [1.807, 2.05) is 19.9 Å². The maximum atomic E-state index is 12.4. The number of furan rings is 1. The van der Waals surface area contributed by atoms with Crippen LogP contribution in [0.3, 0.4) is 0 Å². The van der Waals surface area contributed by atoms with Crippen molar-refractivity contribution in [2.75, 3.05) is 26.2 Å². The molecule has 1 N–H and O–H groups in total. The van der Waals surface area contributed by atoms with Crippen LogP contribution in [0.5, 0.6) is 0 Å². The summed E-state index contributed by atoms with van der Waals surface area (Å²) in [6.07, 6.45) is 1.63. The van der Waals surface area contributed by atoms with E-state index in [1.54, 1.807) is 12.1 Å². The van der Waals surface area contributed by atoms with Gasteiger partial charge in [0.1, 0.15) is 22.4 Å². The van der Waals surface area contributed by atoms with E-state index in [0.717, 1.165) is 17.5 Å². The summed E-state index contributed by atoms with van der Waals surface area (Å²) in [7, 11) is 0. The highest BCUT2D eigenvalue weighted by molar-refractivity contribution is 8.26. The molecule has 8 heteroatoms. The van der Waals surface area contributed by atoms with Gasteiger partial charge in [0.05, 0.1) is 11.5 Å². The van der Waals surface area contributed by atoms with Crippen molar-refractivity contribution in [3.8, 4) is 0 Å². The molecule has 2 amide bonds. The summed E-state index contributed by atoms with van der Waals surface area (Å²) in [6.45, 7) is 4.11. The summed E-state index contributed by atoms with van der Waals surface area (Å²) in [5.74, 6) is 0.782. The molecule has 1 fully saturated rings. The molecule has 1 aliphatic heterocycles. The smallest absolute Gasteiger partial charge is 0.266 e. The second-order valence-corrected chi connectivity index (χ2v) is 6.59. The van der Waals surface area contributed by atoms with Crippen molar-refractivity contribution < 1.29 is 19.1 Å². The molecule has 0 unspecified atom stereocenters. The molecule has 0 atom stereocenters. The van der Waals surface area contributed by atoms with Crippen molar-refractivity contribution in [3.63, 3.8) is 0 Å². The van der Waals surface area contributed by atoms with E-state index in [-0.39, 0.29) is 31.5 Å². The summed E-state index contributed by atoms with van der Waals surface area (Å²) in [6, 6.07) is 3.58. The number of carbonyl (C=O) groups is 2. The van der Waals surface area contributed by atoms with Crippen LogP contribution in [0.4, 0.5) is 0 Å². The summed E-state index contributed by atoms with van der Waals surface area (Å²) in [4.78, 5) is 27.8. The van der Waals surface area contributed by atoms with E-state index in [9.17, 15) is 9.59 Å². The van der Waals surface area contributed by atoms with Crippen molar-refractivity contribution in [2.45, 2.75) is 13.8 Å². The summed E-state index contributed by atoms with van der Waals surface area (Å²) in [5, 5.41) is 8.97. The number of nitrogens with zero attached hydrogens (tertiary/aromatic N) is 2. The molecular weight excluding hydrogens is 336 g/mol. The van der Waals surface area contributed by atoms with Crippen molar-refractivity contribution in [1.82, 2.24) is 9.80 Å². The molecular formula is C15H18N2O4S2. The van der Waals surface area contributed by atoms with E-state index in [2.05, 4.69) is 0 Å². The van der Waals surface area contributed by atoms with Gasteiger partial charge >= 0.3 is 0 Å². The van der Waals surface area contributed by atoms with Gasteiger partial charge in [0.15, 0.2) is 0 Å². The Morgan fingerprint density at radius 3 is 2.83 bits per heavy atom. The first kappa shape index (κ1) is 17.7. The fourth-order valence-corrected chi connectivity index (χ4v) is 3.35. The fourth-order valence-electron chi connectivity index (χ4n) is 2.11. The highest BCUT2D eigenvalue weighted by Gasteiger charge is 2.34. The number of aliphatic hydroxyl groups is 1. The topological polar surface area (TPSA) is 74.0 Å². The van der Waals surface area contributed by atoms with Crippen LogP contribution < -0.4 is 0 Å². The van der Waals surface area contributed by atoms with Crippen LogP contribution in [0.15, 0.2) is 21.5 Å². The lowest BCUT2D eigenvalue weighted by Gasteiger charge is -2.22. The molecule has 1 aromatic heterocycles. The maximum absolute atomic E-state index is 12.4. The minimum Gasteiger partial charge on any atom is -0.462 e. The number of amides is 2. The number of aliphatic hydroxyl groups excluding tert-OH is 1. The fraction of sp³-hybridized carbons (Fsp3) is 0.400. The summed E-state index contributed by atoms with van der Waals surface area (Å²) in [5.41, 5.74) is 0. The average molecular weight is 354 g/mol. The largest absolute Gasteiger partial charge is 0.462 e. The maximum Gasteiger partial charge on any atom is 0.266 e. The average Bonchev–Trinajstić information content (AvgIpc) is 3.03. The van der Waals surface area contributed by atoms with Crippen LogP contribution in [0, 0.1) is 6.92 Å². The first-order chi connectivity index (χ1) is 11.0. The van der Waals surface area contributed by atoms with Gasteiger partial charge in [-0.2, -0.15) is 0 Å². The van der Waals surface area contributed by atoms with E-state index >= 15 is 0 Å². The monoisotopic (exact) mass is 354 g/mol. The van der Waals surface area contributed by atoms with Gasteiger partial charge in [0.2, 0.25) is 5.91 Å². The van der Waals surface area contributed by atoms with Crippen molar-refractivity contribution in [3.05, 3.63) is 28.6 Å². The normalized spacial score (nSPS) is 16.5.